The van der Waals surface area contributed by atoms with E-state index < -0.39 is 24.3 Å². The Balaban J connectivity index is 2.44. The standard InChI is InChI=1S/C20H34O6/c21-13-7-3-4-8-15(22)11-12-17-16(18(23)14-19(17)24)9-5-1-2-6-10-20(25)26/h1,5,11-12,15-19,21-24H,2-4,6-10,13-14H2,(H,25,26)/t15-,16+,17+,18+,19+/m0/s1. The van der Waals surface area contributed by atoms with Gasteiger partial charge in [0.25, 0.3) is 0 Å². The van der Waals surface area contributed by atoms with E-state index in [0.717, 1.165) is 19.3 Å². The van der Waals surface area contributed by atoms with Gasteiger partial charge >= 0.3 is 5.97 Å². The molecule has 1 fully saturated rings. The number of carboxylic acid groups (broad SMARTS) is 1. The lowest BCUT2D eigenvalue weighted by molar-refractivity contribution is -0.137. The summed E-state index contributed by atoms with van der Waals surface area (Å²) >= 11 is 0. The second-order valence-electron chi connectivity index (χ2n) is 7.13. The molecule has 5 N–H and O–H groups in total. The van der Waals surface area contributed by atoms with Gasteiger partial charge in [-0.3, -0.25) is 4.79 Å². The Kier molecular flexibility index (Phi) is 11.4. The Morgan fingerprint density at radius 3 is 2.54 bits per heavy atom. The molecule has 6 heteroatoms. The molecule has 26 heavy (non-hydrogen) atoms. The molecule has 0 heterocycles. The third-order valence-corrected chi connectivity index (χ3v) is 4.97. The van der Waals surface area contributed by atoms with E-state index in [1.54, 1.807) is 6.08 Å². The molecule has 0 spiro atoms. The summed E-state index contributed by atoms with van der Waals surface area (Å²) in [5.74, 6) is -1.09. The Morgan fingerprint density at radius 1 is 1.08 bits per heavy atom. The number of unbranched alkanes of at least 4 members (excludes halogenated alkanes) is 3. The molecule has 1 rings (SSSR count). The molecule has 0 aromatic heterocycles. The predicted molar refractivity (Wildman–Crippen MR) is 99.6 cm³/mol. The molecule has 0 bridgehead atoms. The minimum Gasteiger partial charge on any atom is -0.481 e. The Labute approximate surface area is 155 Å². The molecule has 0 amide bonds. The first-order valence-corrected chi connectivity index (χ1v) is 9.65. The first-order chi connectivity index (χ1) is 12.5. The molecule has 0 saturated heterocycles. The monoisotopic (exact) mass is 370 g/mol. The summed E-state index contributed by atoms with van der Waals surface area (Å²) < 4.78 is 0. The first-order valence-electron chi connectivity index (χ1n) is 9.65. The van der Waals surface area contributed by atoms with Crippen LogP contribution in [-0.4, -0.2) is 56.4 Å². The molecule has 150 valence electrons. The lowest BCUT2D eigenvalue weighted by Gasteiger charge is -2.19. The topological polar surface area (TPSA) is 118 Å². The van der Waals surface area contributed by atoms with Crippen molar-refractivity contribution in [1.29, 1.82) is 0 Å². The van der Waals surface area contributed by atoms with Crippen LogP contribution in [0.4, 0.5) is 0 Å². The van der Waals surface area contributed by atoms with Gasteiger partial charge in [-0.15, -0.1) is 0 Å². The van der Waals surface area contributed by atoms with E-state index in [4.69, 9.17) is 10.2 Å². The fraction of sp³-hybridized carbons (Fsp3) is 0.750. The number of aliphatic hydroxyl groups is 4. The zero-order chi connectivity index (χ0) is 19.4. The average Bonchev–Trinajstić information content (AvgIpc) is 2.85. The fourth-order valence-electron chi connectivity index (χ4n) is 3.44. The molecule has 1 saturated carbocycles. The molecule has 0 radical (unpaired) electrons. The quantitative estimate of drug-likeness (QED) is 0.250. The van der Waals surface area contributed by atoms with Crippen molar-refractivity contribution in [3.63, 3.8) is 0 Å². The van der Waals surface area contributed by atoms with Crippen molar-refractivity contribution in [3.8, 4) is 0 Å². The summed E-state index contributed by atoms with van der Waals surface area (Å²) in [6, 6.07) is 0. The van der Waals surface area contributed by atoms with Crippen molar-refractivity contribution in [1.82, 2.24) is 0 Å². The highest BCUT2D eigenvalue weighted by atomic mass is 16.4. The number of hydrogen-bond donors (Lipinski definition) is 5. The number of hydrogen-bond acceptors (Lipinski definition) is 5. The van der Waals surface area contributed by atoms with Gasteiger partial charge in [-0.05, 0) is 38.0 Å². The van der Waals surface area contributed by atoms with E-state index >= 15 is 0 Å². The summed E-state index contributed by atoms with van der Waals surface area (Å²) in [5, 5.41) is 47.7. The zero-order valence-electron chi connectivity index (χ0n) is 15.4. The van der Waals surface area contributed by atoms with Crippen LogP contribution >= 0.6 is 0 Å². The van der Waals surface area contributed by atoms with Crippen LogP contribution in [0.1, 0.15) is 57.8 Å². The number of rotatable bonds is 13. The number of carboxylic acids is 1. The Hall–Kier alpha value is -1.21. The summed E-state index contributed by atoms with van der Waals surface area (Å²) in [7, 11) is 0. The summed E-state index contributed by atoms with van der Waals surface area (Å²) in [5.41, 5.74) is 0. The summed E-state index contributed by atoms with van der Waals surface area (Å²) in [6.45, 7) is 0.170. The number of allylic oxidation sites excluding steroid dienone is 2. The smallest absolute Gasteiger partial charge is 0.303 e. The molecule has 1 aliphatic rings. The van der Waals surface area contributed by atoms with Crippen molar-refractivity contribution in [2.75, 3.05) is 6.61 Å². The highest BCUT2D eigenvalue weighted by Gasteiger charge is 2.39. The molecule has 0 aromatic rings. The van der Waals surface area contributed by atoms with Gasteiger partial charge in [0, 0.05) is 25.4 Å². The third-order valence-electron chi connectivity index (χ3n) is 4.97. The number of aliphatic carboxylic acids is 1. The normalized spacial score (nSPS) is 27.5. The number of carbonyl (C=O) groups is 1. The van der Waals surface area contributed by atoms with Crippen molar-refractivity contribution in [2.45, 2.75) is 76.1 Å². The molecule has 0 aromatic carbocycles. The minimum atomic E-state index is -0.798. The van der Waals surface area contributed by atoms with Gasteiger partial charge in [0.15, 0.2) is 0 Å². The van der Waals surface area contributed by atoms with E-state index in [1.165, 1.54) is 0 Å². The van der Waals surface area contributed by atoms with Crippen LogP contribution < -0.4 is 0 Å². The maximum Gasteiger partial charge on any atom is 0.303 e. The maximum atomic E-state index is 10.5. The summed E-state index contributed by atoms with van der Waals surface area (Å²) in [4.78, 5) is 10.5. The zero-order valence-corrected chi connectivity index (χ0v) is 15.4. The second-order valence-corrected chi connectivity index (χ2v) is 7.13. The molecule has 0 aliphatic heterocycles. The van der Waals surface area contributed by atoms with Crippen LogP contribution in [0.25, 0.3) is 0 Å². The lowest BCUT2D eigenvalue weighted by Crippen LogP contribution is -2.20. The van der Waals surface area contributed by atoms with Crippen LogP contribution in [0, 0.1) is 11.8 Å². The SMILES string of the molecule is O=C(O)CCCC=CC[C@@H]1[C@@H](C=C[C@@H](O)CCCCCO)[C@H](O)C[C@H]1O. The molecular weight excluding hydrogens is 336 g/mol. The Bertz CT molecular complexity index is 448. The highest BCUT2D eigenvalue weighted by molar-refractivity contribution is 5.66. The van der Waals surface area contributed by atoms with Gasteiger partial charge in [0.05, 0.1) is 18.3 Å². The maximum absolute atomic E-state index is 10.5. The van der Waals surface area contributed by atoms with Crippen LogP contribution in [0.3, 0.4) is 0 Å². The van der Waals surface area contributed by atoms with E-state index in [1.807, 2.05) is 18.2 Å². The largest absolute Gasteiger partial charge is 0.481 e. The van der Waals surface area contributed by atoms with Crippen LogP contribution in [0.2, 0.25) is 0 Å². The van der Waals surface area contributed by atoms with Crippen LogP contribution in [0.15, 0.2) is 24.3 Å². The van der Waals surface area contributed by atoms with E-state index in [9.17, 15) is 20.1 Å². The fourth-order valence-corrected chi connectivity index (χ4v) is 3.44. The van der Waals surface area contributed by atoms with Crippen molar-refractivity contribution in [2.24, 2.45) is 11.8 Å². The van der Waals surface area contributed by atoms with Crippen LogP contribution in [-0.2, 0) is 4.79 Å². The third kappa shape index (κ3) is 8.94. The van der Waals surface area contributed by atoms with E-state index in [-0.39, 0.29) is 24.9 Å². The van der Waals surface area contributed by atoms with Gasteiger partial charge in [0.2, 0.25) is 0 Å². The molecular formula is C20H34O6. The van der Waals surface area contributed by atoms with Gasteiger partial charge < -0.3 is 25.5 Å². The average molecular weight is 370 g/mol. The first kappa shape index (κ1) is 22.8. The van der Waals surface area contributed by atoms with Gasteiger partial charge in [-0.2, -0.15) is 0 Å². The van der Waals surface area contributed by atoms with E-state index in [0.29, 0.717) is 32.1 Å². The van der Waals surface area contributed by atoms with Crippen molar-refractivity contribution in [3.05, 3.63) is 24.3 Å². The van der Waals surface area contributed by atoms with Gasteiger partial charge in [-0.25, -0.2) is 0 Å². The predicted octanol–water partition coefficient (Wildman–Crippen LogP) is 2.02. The molecule has 5 atom stereocenters. The second kappa shape index (κ2) is 13.0. The molecule has 6 nitrogen and oxygen atoms in total. The van der Waals surface area contributed by atoms with Gasteiger partial charge in [0.1, 0.15) is 0 Å². The van der Waals surface area contributed by atoms with E-state index in [2.05, 4.69) is 0 Å². The summed E-state index contributed by atoms with van der Waals surface area (Å²) in [6.07, 6.45) is 11.1. The van der Waals surface area contributed by atoms with Gasteiger partial charge in [-0.1, -0.05) is 37.1 Å². The van der Waals surface area contributed by atoms with Crippen molar-refractivity contribution >= 4 is 5.97 Å². The molecule has 1 aliphatic carbocycles. The highest BCUT2D eigenvalue weighted by Crippen LogP contribution is 2.36. The number of aliphatic hydroxyl groups excluding tert-OH is 4. The minimum absolute atomic E-state index is 0.0986. The molecule has 0 unspecified atom stereocenters. The Morgan fingerprint density at radius 2 is 1.85 bits per heavy atom. The van der Waals surface area contributed by atoms with Crippen LogP contribution in [0.5, 0.6) is 0 Å². The lowest BCUT2D eigenvalue weighted by atomic mass is 9.89. The van der Waals surface area contributed by atoms with Crippen molar-refractivity contribution < 1.29 is 30.3 Å².